The van der Waals surface area contributed by atoms with Gasteiger partial charge in [0.15, 0.2) is 6.10 Å². The predicted octanol–water partition coefficient (Wildman–Crippen LogP) is 17.1. The van der Waals surface area contributed by atoms with E-state index in [1.165, 1.54) is 64.2 Å². The highest BCUT2D eigenvalue weighted by molar-refractivity contribution is 5.71. The van der Waals surface area contributed by atoms with Gasteiger partial charge in [0.25, 0.3) is 6.29 Å². The van der Waals surface area contributed by atoms with Crippen molar-refractivity contribution in [3.63, 3.8) is 0 Å². The van der Waals surface area contributed by atoms with Gasteiger partial charge in [0.1, 0.15) is 13.2 Å². The van der Waals surface area contributed by atoms with Crippen LogP contribution in [0.5, 0.6) is 0 Å². The molecule has 0 saturated heterocycles. The summed E-state index contributed by atoms with van der Waals surface area (Å²) in [4.78, 5) is 37.4. The van der Waals surface area contributed by atoms with E-state index < -0.39 is 24.3 Å². The molecule has 0 aliphatic rings. The Bertz CT molecular complexity index is 1560. The molecule has 0 aliphatic carbocycles. The van der Waals surface area contributed by atoms with Gasteiger partial charge in [-0.2, -0.15) is 0 Å². The quantitative estimate of drug-likeness (QED) is 0.0211. The van der Waals surface area contributed by atoms with Crippen LogP contribution in [0.15, 0.2) is 109 Å². The summed E-state index contributed by atoms with van der Waals surface area (Å²) in [6.07, 6.45) is 71.5. The average molecular weight is 1020 g/mol. The van der Waals surface area contributed by atoms with E-state index in [9.17, 15) is 19.5 Å². The summed E-state index contributed by atoms with van der Waals surface area (Å²) in [6.45, 7) is 4.71. The smallest absolute Gasteiger partial charge is 0.361 e. The predicted molar refractivity (Wildman–Crippen MR) is 308 cm³/mol. The molecule has 0 bridgehead atoms. The Morgan fingerprint density at radius 3 is 1.16 bits per heavy atom. The second-order valence-electron chi connectivity index (χ2n) is 20.2. The van der Waals surface area contributed by atoms with Crippen LogP contribution in [-0.2, 0) is 33.3 Å². The van der Waals surface area contributed by atoms with Crippen LogP contribution in [0.3, 0.4) is 0 Å². The van der Waals surface area contributed by atoms with Crippen molar-refractivity contribution in [3.05, 3.63) is 109 Å². The Morgan fingerprint density at radius 2 is 0.781 bits per heavy atom. The van der Waals surface area contributed by atoms with Crippen molar-refractivity contribution in [1.29, 1.82) is 0 Å². The van der Waals surface area contributed by atoms with Gasteiger partial charge in [-0.05, 0) is 103 Å². The lowest BCUT2D eigenvalue weighted by molar-refractivity contribution is -0.870. The number of nitrogens with zero attached hydrogens (tertiary/aromatic N) is 1. The molecule has 0 radical (unpaired) electrons. The van der Waals surface area contributed by atoms with Crippen molar-refractivity contribution in [2.75, 3.05) is 47.5 Å². The fourth-order valence-electron chi connectivity index (χ4n) is 7.55. The number of likely N-dealkylation sites (N-methyl/N-ethyl adjacent to an activating group) is 1. The van der Waals surface area contributed by atoms with Crippen LogP contribution >= 0.6 is 0 Å². The summed E-state index contributed by atoms with van der Waals surface area (Å²) >= 11 is 0. The van der Waals surface area contributed by atoms with Crippen LogP contribution in [0.4, 0.5) is 0 Å². The number of quaternary nitrogens is 1. The second kappa shape index (κ2) is 54.2. The van der Waals surface area contributed by atoms with Gasteiger partial charge >= 0.3 is 17.9 Å². The number of unbranched alkanes of at least 4 members (excludes halogenated alkanes) is 19. The Hall–Kier alpha value is -4.05. The summed E-state index contributed by atoms with van der Waals surface area (Å²) in [5.41, 5.74) is 0. The summed E-state index contributed by atoms with van der Waals surface area (Å²) in [5.74, 6) is -2.05. The molecule has 9 nitrogen and oxygen atoms in total. The lowest BCUT2D eigenvalue weighted by Gasteiger charge is -2.25. The number of hydrogen-bond donors (Lipinski definition) is 1. The third-order valence-electron chi connectivity index (χ3n) is 12.0. The third kappa shape index (κ3) is 55.5. The van der Waals surface area contributed by atoms with Gasteiger partial charge in [-0.15, -0.1) is 0 Å². The molecule has 73 heavy (non-hydrogen) atoms. The number of esters is 2. The van der Waals surface area contributed by atoms with E-state index in [0.717, 1.165) is 122 Å². The van der Waals surface area contributed by atoms with E-state index in [-0.39, 0.29) is 38.6 Å². The molecule has 0 saturated carbocycles. The Kier molecular flexibility index (Phi) is 51.2. The zero-order chi connectivity index (χ0) is 53.4. The summed E-state index contributed by atoms with van der Waals surface area (Å²) in [5, 5.41) is 9.71. The molecule has 416 valence electrons. The van der Waals surface area contributed by atoms with Gasteiger partial charge in [0.2, 0.25) is 0 Å². The SMILES string of the molecule is CC/C=C\C/C=C\C/C=C\C/C=C\C/C=C\C/C=C\CCCCCCCCC(=O)OC(COC(=O)CCCCCCCCCC/C=C\C/C=C\C/C=C\CCCCCCC)COC(OCC[N+](C)(C)C)C(=O)O. The first-order valence-electron chi connectivity index (χ1n) is 29.1. The molecule has 0 rings (SSSR count). The number of carboxylic acid groups (broad SMARTS) is 1. The van der Waals surface area contributed by atoms with Crippen LogP contribution in [0, 0.1) is 0 Å². The van der Waals surface area contributed by atoms with Crippen LogP contribution in [0.1, 0.15) is 219 Å². The number of carbonyl (C=O) groups excluding carboxylic acids is 2. The van der Waals surface area contributed by atoms with Gasteiger partial charge in [0.05, 0.1) is 34.4 Å². The molecule has 0 spiro atoms. The normalized spacial score (nSPS) is 13.6. The molecule has 2 unspecified atom stereocenters. The minimum absolute atomic E-state index is 0.177. The number of carbonyl (C=O) groups is 3. The van der Waals surface area contributed by atoms with Crippen LogP contribution in [-0.4, -0.2) is 87.4 Å². The van der Waals surface area contributed by atoms with Crippen LogP contribution < -0.4 is 0 Å². The molecule has 0 aliphatic heterocycles. The van der Waals surface area contributed by atoms with Crippen LogP contribution in [0.25, 0.3) is 0 Å². The number of rotatable bonds is 52. The summed E-state index contributed by atoms with van der Waals surface area (Å²) in [6, 6.07) is 0. The molecule has 2 atom stereocenters. The maximum Gasteiger partial charge on any atom is 0.361 e. The molecule has 1 N–H and O–H groups in total. The highest BCUT2D eigenvalue weighted by Crippen LogP contribution is 2.14. The van der Waals surface area contributed by atoms with Gasteiger partial charge in [-0.25, -0.2) is 4.79 Å². The van der Waals surface area contributed by atoms with E-state index in [1.54, 1.807) is 0 Å². The molecule has 0 amide bonds. The maximum atomic E-state index is 12.9. The third-order valence-corrected chi connectivity index (χ3v) is 12.0. The number of allylic oxidation sites excluding steroid dienone is 18. The zero-order valence-corrected chi connectivity index (χ0v) is 47.3. The Balaban J connectivity index is 4.34. The lowest BCUT2D eigenvalue weighted by atomic mass is 10.1. The van der Waals surface area contributed by atoms with Crippen molar-refractivity contribution in [1.82, 2.24) is 0 Å². The number of carboxylic acids is 1. The Morgan fingerprint density at radius 1 is 0.425 bits per heavy atom. The second-order valence-corrected chi connectivity index (χ2v) is 20.2. The fourth-order valence-corrected chi connectivity index (χ4v) is 7.55. The first kappa shape index (κ1) is 69.0. The minimum Gasteiger partial charge on any atom is -0.477 e. The van der Waals surface area contributed by atoms with Crippen molar-refractivity contribution < 1.29 is 42.9 Å². The molecular formula is C64H108NO8+. The molecule has 0 aromatic heterocycles. The van der Waals surface area contributed by atoms with E-state index in [4.69, 9.17) is 18.9 Å². The number of aliphatic carboxylic acids is 1. The largest absolute Gasteiger partial charge is 0.477 e. The monoisotopic (exact) mass is 1020 g/mol. The van der Waals surface area contributed by atoms with Crippen molar-refractivity contribution >= 4 is 17.9 Å². The Labute approximate surface area is 447 Å². The fraction of sp³-hybridized carbons (Fsp3) is 0.672. The molecule has 0 aromatic rings. The van der Waals surface area contributed by atoms with E-state index in [1.807, 2.05) is 21.1 Å². The summed E-state index contributed by atoms with van der Waals surface area (Å²) < 4.78 is 22.9. The maximum absolute atomic E-state index is 12.9. The van der Waals surface area contributed by atoms with Crippen molar-refractivity contribution in [2.24, 2.45) is 0 Å². The van der Waals surface area contributed by atoms with Gasteiger partial charge < -0.3 is 28.5 Å². The highest BCUT2D eigenvalue weighted by Gasteiger charge is 2.25. The minimum atomic E-state index is -1.52. The van der Waals surface area contributed by atoms with Crippen LogP contribution in [0.2, 0.25) is 0 Å². The average Bonchev–Trinajstić information content (AvgIpc) is 3.36. The van der Waals surface area contributed by atoms with Gasteiger partial charge in [0, 0.05) is 12.8 Å². The highest BCUT2D eigenvalue weighted by atomic mass is 16.7. The van der Waals surface area contributed by atoms with Crippen molar-refractivity contribution in [3.8, 4) is 0 Å². The topological polar surface area (TPSA) is 108 Å². The van der Waals surface area contributed by atoms with E-state index in [0.29, 0.717) is 17.4 Å². The molecule has 0 heterocycles. The number of hydrogen-bond acceptors (Lipinski definition) is 7. The zero-order valence-electron chi connectivity index (χ0n) is 47.3. The van der Waals surface area contributed by atoms with Gasteiger partial charge in [-0.1, -0.05) is 213 Å². The van der Waals surface area contributed by atoms with Gasteiger partial charge in [-0.3, -0.25) is 9.59 Å². The first-order chi connectivity index (χ1) is 35.6. The van der Waals surface area contributed by atoms with E-state index >= 15 is 0 Å². The molecule has 0 aromatic carbocycles. The lowest BCUT2D eigenvalue weighted by Crippen LogP contribution is -2.40. The standard InChI is InChI=1S/C64H107NO8/c1-6-8-10-12-14-16-18-20-22-24-26-28-30-31-33-35-37-39-41-43-45-47-49-51-53-55-62(67)73-60(59-72-64(63(68)69)70-57-56-65(3,4)5)58-71-61(66)54-52-50-48-46-44-42-40-38-36-34-32-29-27-25-23-21-19-17-15-13-11-9-7-2/h8,10,14,16,19-22,25-28,31-34,37,39,60,64H,6-7,9,11-13,15,17-18,23-24,29-30,35-36,38,40-59H2,1-5H3/p+1/b10-8-,16-14-,21-19-,22-20-,27-25-,28-26-,33-31-,34-32-,39-37-. The molecular weight excluding hydrogens is 911 g/mol. The summed E-state index contributed by atoms with van der Waals surface area (Å²) in [7, 11) is 5.95. The van der Waals surface area contributed by atoms with Crippen molar-refractivity contribution in [2.45, 2.75) is 232 Å². The molecule has 0 fully saturated rings. The number of ether oxygens (including phenoxy) is 4. The first-order valence-corrected chi connectivity index (χ1v) is 29.1. The van der Waals surface area contributed by atoms with E-state index in [2.05, 4.69) is 123 Å². The molecule has 9 heteroatoms.